The number of allylic oxidation sites excluding steroid dienone is 1. The first-order valence-electron chi connectivity index (χ1n) is 24.0. The predicted molar refractivity (Wildman–Crippen MR) is 258 cm³/mol. The van der Waals surface area contributed by atoms with Gasteiger partial charge in [-0.25, -0.2) is 13.1 Å². The Hall–Kier alpha value is -4.29. The summed E-state index contributed by atoms with van der Waals surface area (Å²) in [6.45, 7) is 12.9. The fourth-order valence-corrected chi connectivity index (χ4v) is 12.2. The number of hydrazine groups is 1. The Balaban J connectivity index is 0.895. The second-order valence-corrected chi connectivity index (χ2v) is 22.0. The topological polar surface area (TPSA) is 171 Å². The summed E-state index contributed by atoms with van der Waals surface area (Å²) in [5.41, 5.74) is 11.9. The van der Waals surface area contributed by atoms with Crippen molar-refractivity contribution in [1.82, 2.24) is 25.4 Å². The van der Waals surface area contributed by atoms with Crippen molar-refractivity contribution in [2.24, 2.45) is 11.3 Å². The van der Waals surface area contributed by atoms with Crippen molar-refractivity contribution in [3.8, 4) is 5.75 Å². The maximum absolute atomic E-state index is 14.1. The van der Waals surface area contributed by atoms with Crippen LogP contribution in [0.25, 0.3) is 5.57 Å². The first-order chi connectivity index (χ1) is 31.8. The van der Waals surface area contributed by atoms with Crippen LogP contribution >= 0.6 is 11.6 Å². The van der Waals surface area contributed by atoms with E-state index < -0.39 is 20.9 Å². The summed E-state index contributed by atoms with van der Waals surface area (Å²) in [5, 5.41) is 16.4. The Labute approximate surface area is 394 Å². The fraction of sp³-hybridized carbons (Fsp3) is 0.571. The minimum atomic E-state index is -4.53. The number of anilines is 2. The average Bonchev–Trinajstić information content (AvgIpc) is 3.81. The molecule has 3 saturated heterocycles. The van der Waals surface area contributed by atoms with Gasteiger partial charge in [0, 0.05) is 99.2 Å². The normalized spacial score (nSPS) is 26.4. The van der Waals surface area contributed by atoms with Gasteiger partial charge in [-0.15, -0.1) is 0 Å². The van der Waals surface area contributed by atoms with Crippen LogP contribution in [0.1, 0.15) is 94.0 Å². The summed E-state index contributed by atoms with van der Waals surface area (Å²) in [6, 6.07) is 18.1. The Morgan fingerprint density at radius 2 is 1.71 bits per heavy atom. The van der Waals surface area contributed by atoms with Gasteiger partial charge in [-0.1, -0.05) is 43.2 Å². The molecule has 3 aliphatic heterocycles. The molecule has 0 bridgehead atoms. The number of carbonyl (C=O) groups excluding carboxylic acids is 1. The third kappa shape index (κ3) is 10.9. The first kappa shape index (κ1) is 46.8. The second kappa shape index (κ2) is 20.1. The molecular formula is C49H65ClN8O7S. The summed E-state index contributed by atoms with van der Waals surface area (Å²) in [5.74, 6) is -0.370. The number of halogens is 1. The van der Waals surface area contributed by atoms with E-state index in [9.17, 15) is 23.3 Å². The lowest BCUT2D eigenvalue weighted by Crippen LogP contribution is -2.47. The Morgan fingerprint density at radius 1 is 0.955 bits per heavy atom. The fourth-order valence-electron chi connectivity index (χ4n) is 11.1. The number of morpholine rings is 1. The number of fused-ring (bicyclic) bond motifs is 1. The van der Waals surface area contributed by atoms with Crippen molar-refractivity contribution >= 4 is 50.2 Å². The number of piperazine rings is 1. The molecule has 17 heteroatoms. The zero-order valence-corrected chi connectivity index (χ0v) is 39.8. The molecule has 1 amide bonds. The molecule has 3 heterocycles. The second-order valence-electron chi connectivity index (χ2n) is 19.9. The van der Waals surface area contributed by atoms with E-state index in [2.05, 4.69) is 61.6 Å². The minimum Gasteiger partial charge on any atom is -0.489 e. The van der Waals surface area contributed by atoms with Gasteiger partial charge >= 0.3 is 0 Å². The number of nitro groups is 1. The number of rotatable bonds is 13. The minimum absolute atomic E-state index is 0.0182. The van der Waals surface area contributed by atoms with Crippen molar-refractivity contribution in [2.75, 3.05) is 75.8 Å². The van der Waals surface area contributed by atoms with E-state index in [4.69, 9.17) is 21.1 Å². The van der Waals surface area contributed by atoms with Gasteiger partial charge in [0.05, 0.1) is 28.6 Å². The van der Waals surface area contributed by atoms with E-state index in [0.717, 1.165) is 147 Å². The maximum atomic E-state index is 14.1. The van der Waals surface area contributed by atoms with Crippen molar-refractivity contribution in [1.29, 1.82) is 0 Å². The summed E-state index contributed by atoms with van der Waals surface area (Å²) in [6.07, 6.45) is 9.44. The van der Waals surface area contributed by atoms with E-state index in [-0.39, 0.29) is 51.4 Å². The summed E-state index contributed by atoms with van der Waals surface area (Å²) < 4.78 is 42.3. The summed E-state index contributed by atoms with van der Waals surface area (Å²) in [7, 11) is -4.53. The molecule has 0 spiro atoms. The van der Waals surface area contributed by atoms with Crippen LogP contribution < -0.4 is 30.5 Å². The van der Waals surface area contributed by atoms with Gasteiger partial charge in [-0.3, -0.25) is 35.6 Å². The van der Waals surface area contributed by atoms with Gasteiger partial charge < -0.3 is 19.7 Å². The summed E-state index contributed by atoms with van der Waals surface area (Å²) in [4.78, 5) is 32.8. The van der Waals surface area contributed by atoms with E-state index in [1.807, 2.05) is 24.3 Å². The highest BCUT2D eigenvalue weighted by Crippen LogP contribution is 2.44. The maximum Gasteiger partial charge on any atom is 0.293 e. The number of nitrogens with zero attached hydrogens (tertiary/aromatic N) is 4. The molecule has 3 aromatic carbocycles. The van der Waals surface area contributed by atoms with Crippen molar-refractivity contribution in [2.45, 2.75) is 107 Å². The third-order valence-electron chi connectivity index (χ3n) is 15.0. The Kier molecular flexibility index (Phi) is 14.3. The zero-order valence-electron chi connectivity index (χ0n) is 38.2. The Morgan fingerprint density at radius 3 is 2.45 bits per heavy atom. The molecule has 66 heavy (non-hydrogen) atoms. The molecule has 4 N–H and O–H groups in total. The van der Waals surface area contributed by atoms with E-state index in [1.54, 1.807) is 6.07 Å². The zero-order chi connectivity index (χ0) is 46.0. The van der Waals surface area contributed by atoms with Crippen LogP contribution in [-0.4, -0.2) is 119 Å². The SMILES string of the molecule is CC1(C)CCC(CN2CCN(c3ccc(C(=O)NS(=O)(=O)c4ccc(NC5CCC(N6CCOCC6)CC5)c([N+](=O)[O-])c4)c(OC4CCCC5NNCC54)c3)CC2)=C(c2ccc(Cl)cc2)C1. The lowest BCUT2D eigenvalue weighted by molar-refractivity contribution is -0.384. The number of hydrogen-bond donors (Lipinski definition) is 4. The van der Waals surface area contributed by atoms with Gasteiger partial charge in [0.2, 0.25) is 0 Å². The number of benzene rings is 3. The molecule has 6 aliphatic rings. The molecule has 5 fully saturated rings. The predicted octanol–water partition coefficient (Wildman–Crippen LogP) is 7.23. The van der Waals surface area contributed by atoms with Gasteiger partial charge in [0.25, 0.3) is 21.6 Å². The van der Waals surface area contributed by atoms with Crippen molar-refractivity contribution in [3.63, 3.8) is 0 Å². The molecular weight excluding hydrogens is 880 g/mol. The van der Waals surface area contributed by atoms with Crippen LogP contribution in [0.4, 0.5) is 17.1 Å². The summed E-state index contributed by atoms with van der Waals surface area (Å²) >= 11 is 6.26. The molecule has 9 rings (SSSR count). The van der Waals surface area contributed by atoms with Crippen LogP contribution in [0, 0.1) is 21.4 Å². The first-order valence-corrected chi connectivity index (χ1v) is 25.8. The van der Waals surface area contributed by atoms with Gasteiger partial charge in [-0.05, 0) is 117 Å². The molecule has 0 aromatic heterocycles. The number of ether oxygens (including phenoxy) is 2. The number of nitrogens with one attached hydrogen (secondary N) is 4. The van der Waals surface area contributed by atoms with Crippen LogP contribution in [0.15, 0.2) is 71.1 Å². The van der Waals surface area contributed by atoms with Crippen LogP contribution in [0.2, 0.25) is 5.02 Å². The van der Waals surface area contributed by atoms with Crippen LogP contribution in [-0.2, 0) is 14.8 Å². The number of nitro benzene ring substituents is 1. The molecule has 3 aliphatic carbocycles. The van der Waals surface area contributed by atoms with Crippen molar-refractivity contribution < 1.29 is 27.6 Å². The largest absolute Gasteiger partial charge is 0.489 e. The van der Waals surface area contributed by atoms with Gasteiger partial charge in [0.1, 0.15) is 17.5 Å². The van der Waals surface area contributed by atoms with Gasteiger partial charge in [0.15, 0.2) is 0 Å². The lowest BCUT2D eigenvalue weighted by atomic mass is 9.72. The molecule has 0 radical (unpaired) electrons. The highest BCUT2D eigenvalue weighted by molar-refractivity contribution is 7.90. The van der Waals surface area contributed by atoms with E-state index in [0.29, 0.717) is 11.8 Å². The van der Waals surface area contributed by atoms with E-state index >= 15 is 0 Å². The highest BCUT2D eigenvalue weighted by atomic mass is 35.5. The monoisotopic (exact) mass is 944 g/mol. The smallest absolute Gasteiger partial charge is 0.293 e. The van der Waals surface area contributed by atoms with Gasteiger partial charge in [-0.2, -0.15) is 0 Å². The van der Waals surface area contributed by atoms with Crippen LogP contribution in [0.5, 0.6) is 5.75 Å². The highest BCUT2D eigenvalue weighted by Gasteiger charge is 2.39. The molecule has 3 atom stereocenters. The van der Waals surface area contributed by atoms with Crippen molar-refractivity contribution in [3.05, 3.63) is 92.5 Å². The molecule has 3 aromatic rings. The number of amides is 1. The van der Waals surface area contributed by atoms with E-state index in [1.165, 1.54) is 28.8 Å². The Bertz CT molecular complexity index is 2380. The molecule has 356 valence electrons. The third-order valence-corrected chi connectivity index (χ3v) is 16.5. The molecule has 3 unspecified atom stereocenters. The average molecular weight is 946 g/mol. The number of hydrogen-bond acceptors (Lipinski definition) is 13. The number of carbonyl (C=O) groups is 1. The molecule has 2 saturated carbocycles. The lowest BCUT2D eigenvalue weighted by Gasteiger charge is -2.39. The number of sulfonamides is 1. The quantitative estimate of drug-likeness (QED) is 0.100. The molecule has 15 nitrogen and oxygen atoms in total. The standard InChI is InChI=1S/C49H65ClN8O7S/c1-49(2)19-18-34(41(30-49)33-6-8-35(50)9-7-33)32-55-20-22-56(23-21-55)38-14-16-40(47(28-38)65-46-5-3-4-43-42(46)31-51-53-43)48(59)54-66(62,63)39-15-17-44(45(29-39)58(60)61)52-36-10-12-37(13-11-36)57-24-26-64-27-25-57/h6-9,14-17,28-29,36-37,42-43,46,51-53H,3-5,10-13,18-27,30-32H2,1-2H3,(H,54,59). The van der Waals surface area contributed by atoms with Crippen LogP contribution in [0.3, 0.4) is 0 Å².